The van der Waals surface area contributed by atoms with Crippen molar-refractivity contribution in [1.82, 2.24) is 4.90 Å². The van der Waals surface area contributed by atoms with E-state index in [-0.39, 0.29) is 6.04 Å². The molecule has 1 aromatic carbocycles. The topological polar surface area (TPSA) is 63.5 Å². The Morgan fingerprint density at radius 1 is 1.45 bits per heavy atom. The van der Waals surface area contributed by atoms with Crippen LogP contribution in [0.2, 0.25) is 0 Å². The molecule has 1 saturated heterocycles. The van der Waals surface area contributed by atoms with Gasteiger partial charge in [0.2, 0.25) is 0 Å². The molecule has 0 saturated carbocycles. The molecule has 5 nitrogen and oxygen atoms in total. The Morgan fingerprint density at radius 2 is 2.10 bits per heavy atom. The van der Waals surface area contributed by atoms with E-state index in [0.717, 1.165) is 19.3 Å². The van der Waals surface area contributed by atoms with Crippen molar-refractivity contribution in [3.63, 3.8) is 0 Å². The van der Waals surface area contributed by atoms with E-state index in [0.29, 0.717) is 18.7 Å². The van der Waals surface area contributed by atoms with E-state index in [1.165, 1.54) is 4.90 Å². The van der Waals surface area contributed by atoms with E-state index < -0.39 is 33.7 Å². The number of nitrogens with zero attached hydrogens (tertiary/aromatic N) is 2. The van der Waals surface area contributed by atoms with Gasteiger partial charge in [-0.2, -0.15) is 0 Å². The summed E-state index contributed by atoms with van der Waals surface area (Å²) in [4.78, 5) is 23.9. The summed E-state index contributed by atoms with van der Waals surface area (Å²) in [5.41, 5.74) is -1.09. The molecular weight excluding hydrogens is 270 g/mol. The maximum atomic E-state index is 13.3. The number of amides is 1. The zero-order valence-corrected chi connectivity index (χ0v) is 10.9. The maximum Gasteiger partial charge on any atom is 0.285 e. The van der Waals surface area contributed by atoms with Crippen LogP contribution in [0.15, 0.2) is 12.1 Å². The van der Waals surface area contributed by atoms with Gasteiger partial charge in [-0.15, -0.1) is 0 Å². The Morgan fingerprint density at radius 3 is 2.70 bits per heavy atom. The zero-order chi connectivity index (χ0) is 14.9. The highest BCUT2D eigenvalue weighted by molar-refractivity contribution is 5.98. The highest BCUT2D eigenvalue weighted by Crippen LogP contribution is 2.28. The standard InChI is InChI=1S/C13H14F2N2O3/c1-2-8-4-3-5-16(8)13(18)9-6-10(14)11(15)7-12(9)17(19)20/h6-8H,2-5H2,1H3. The maximum absolute atomic E-state index is 13.3. The SMILES string of the molecule is CCC1CCCN1C(=O)c1cc(F)c(F)cc1[N+](=O)[O-]. The quantitative estimate of drug-likeness (QED) is 0.633. The molecule has 1 amide bonds. The Bertz CT molecular complexity index is 563. The third-order valence-corrected chi connectivity index (χ3v) is 3.57. The van der Waals surface area contributed by atoms with Crippen LogP contribution in [0, 0.1) is 21.7 Å². The largest absolute Gasteiger partial charge is 0.335 e. The second-order valence-corrected chi connectivity index (χ2v) is 4.74. The number of rotatable bonds is 3. The molecule has 0 aromatic heterocycles. The summed E-state index contributed by atoms with van der Waals surface area (Å²) in [6, 6.07) is 1.07. The van der Waals surface area contributed by atoms with Crippen LogP contribution < -0.4 is 0 Å². The number of hydrogen-bond acceptors (Lipinski definition) is 3. The Balaban J connectivity index is 2.43. The first-order valence-corrected chi connectivity index (χ1v) is 6.40. The van der Waals surface area contributed by atoms with E-state index in [9.17, 15) is 23.7 Å². The first-order valence-electron chi connectivity index (χ1n) is 6.40. The van der Waals surface area contributed by atoms with Crippen LogP contribution in [0.4, 0.5) is 14.5 Å². The molecule has 0 N–H and O–H groups in total. The Hall–Kier alpha value is -2.05. The van der Waals surface area contributed by atoms with Crippen molar-refractivity contribution in [2.24, 2.45) is 0 Å². The molecule has 2 rings (SSSR count). The molecule has 0 bridgehead atoms. The minimum atomic E-state index is -1.33. The van der Waals surface area contributed by atoms with E-state index in [1.54, 1.807) is 0 Å². The number of carbonyl (C=O) groups is 1. The summed E-state index contributed by atoms with van der Waals surface area (Å²) in [6.07, 6.45) is 2.35. The van der Waals surface area contributed by atoms with Crippen molar-refractivity contribution in [3.05, 3.63) is 39.4 Å². The molecule has 1 heterocycles. The van der Waals surface area contributed by atoms with Crippen LogP contribution in [0.1, 0.15) is 36.5 Å². The summed E-state index contributed by atoms with van der Waals surface area (Å²) in [6.45, 7) is 2.39. The Kier molecular flexibility index (Phi) is 3.96. The number of carbonyl (C=O) groups excluding carboxylic acids is 1. The van der Waals surface area contributed by atoms with Crippen molar-refractivity contribution < 1.29 is 18.5 Å². The van der Waals surface area contributed by atoms with Crippen LogP contribution in [-0.4, -0.2) is 28.3 Å². The molecule has 20 heavy (non-hydrogen) atoms. The van der Waals surface area contributed by atoms with E-state index in [4.69, 9.17) is 0 Å². The highest BCUT2D eigenvalue weighted by atomic mass is 19.2. The second-order valence-electron chi connectivity index (χ2n) is 4.74. The summed E-state index contributed by atoms with van der Waals surface area (Å²) in [5, 5.41) is 10.9. The average molecular weight is 284 g/mol. The van der Waals surface area contributed by atoms with Crippen LogP contribution in [-0.2, 0) is 0 Å². The lowest BCUT2D eigenvalue weighted by Crippen LogP contribution is -2.35. The molecule has 1 fully saturated rings. The van der Waals surface area contributed by atoms with Crippen LogP contribution >= 0.6 is 0 Å². The van der Waals surface area contributed by atoms with Gasteiger partial charge in [-0.1, -0.05) is 6.92 Å². The molecule has 1 atom stereocenters. The predicted molar refractivity (Wildman–Crippen MR) is 67.4 cm³/mol. The van der Waals surface area contributed by atoms with Crippen LogP contribution in [0.25, 0.3) is 0 Å². The van der Waals surface area contributed by atoms with Gasteiger partial charge in [0.05, 0.1) is 11.0 Å². The molecular formula is C13H14F2N2O3. The first-order chi connectivity index (χ1) is 9.45. The third kappa shape index (κ3) is 2.48. The average Bonchev–Trinajstić information content (AvgIpc) is 2.88. The third-order valence-electron chi connectivity index (χ3n) is 3.57. The lowest BCUT2D eigenvalue weighted by molar-refractivity contribution is -0.385. The van der Waals surface area contributed by atoms with Crippen LogP contribution in [0.3, 0.4) is 0 Å². The van der Waals surface area contributed by atoms with Crippen molar-refractivity contribution in [1.29, 1.82) is 0 Å². The van der Waals surface area contributed by atoms with Gasteiger partial charge >= 0.3 is 0 Å². The van der Waals surface area contributed by atoms with Gasteiger partial charge in [0.15, 0.2) is 11.6 Å². The fourth-order valence-corrected chi connectivity index (χ4v) is 2.54. The van der Waals surface area contributed by atoms with Crippen LogP contribution in [0.5, 0.6) is 0 Å². The number of nitro groups is 1. The van der Waals surface area contributed by atoms with E-state index >= 15 is 0 Å². The first kappa shape index (κ1) is 14.4. The monoisotopic (exact) mass is 284 g/mol. The van der Waals surface area contributed by atoms with E-state index in [1.807, 2.05) is 6.92 Å². The number of nitro benzene ring substituents is 1. The van der Waals surface area contributed by atoms with Gasteiger partial charge in [0, 0.05) is 12.6 Å². The molecule has 7 heteroatoms. The van der Waals surface area contributed by atoms with Crippen molar-refractivity contribution in [2.75, 3.05) is 6.54 Å². The summed E-state index contributed by atoms with van der Waals surface area (Å²) in [7, 11) is 0. The van der Waals surface area contributed by atoms with Crippen molar-refractivity contribution in [2.45, 2.75) is 32.2 Å². The summed E-state index contributed by atoms with van der Waals surface area (Å²) < 4.78 is 26.4. The molecule has 1 unspecified atom stereocenters. The fourth-order valence-electron chi connectivity index (χ4n) is 2.54. The predicted octanol–water partition coefficient (Wildman–Crippen LogP) is 2.89. The molecule has 1 aliphatic heterocycles. The van der Waals surface area contributed by atoms with Crippen molar-refractivity contribution >= 4 is 11.6 Å². The molecule has 1 aromatic rings. The summed E-state index contributed by atoms with van der Waals surface area (Å²) >= 11 is 0. The highest BCUT2D eigenvalue weighted by Gasteiger charge is 2.33. The minimum absolute atomic E-state index is 0.00443. The molecule has 0 spiro atoms. The fraction of sp³-hybridized carbons (Fsp3) is 0.462. The van der Waals surface area contributed by atoms with Gasteiger partial charge in [-0.25, -0.2) is 8.78 Å². The second kappa shape index (κ2) is 5.52. The lowest BCUT2D eigenvalue weighted by Gasteiger charge is -2.23. The van der Waals surface area contributed by atoms with Gasteiger partial charge in [0.25, 0.3) is 11.6 Å². The van der Waals surface area contributed by atoms with Gasteiger partial charge in [-0.05, 0) is 25.3 Å². The lowest BCUT2D eigenvalue weighted by atomic mass is 10.1. The number of halogens is 2. The smallest absolute Gasteiger partial charge is 0.285 e. The zero-order valence-electron chi connectivity index (χ0n) is 10.9. The number of benzene rings is 1. The summed E-state index contributed by atoms with van der Waals surface area (Å²) in [5.74, 6) is -3.20. The van der Waals surface area contributed by atoms with Gasteiger partial charge in [0.1, 0.15) is 5.56 Å². The number of hydrogen-bond donors (Lipinski definition) is 0. The molecule has 0 radical (unpaired) electrons. The molecule has 108 valence electrons. The molecule has 1 aliphatic rings. The van der Waals surface area contributed by atoms with Crippen molar-refractivity contribution in [3.8, 4) is 0 Å². The Labute approximate surface area is 114 Å². The van der Waals surface area contributed by atoms with Gasteiger partial charge < -0.3 is 4.90 Å². The normalized spacial score (nSPS) is 18.4. The number of likely N-dealkylation sites (tertiary alicyclic amines) is 1. The molecule has 0 aliphatic carbocycles. The van der Waals surface area contributed by atoms with Gasteiger partial charge in [-0.3, -0.25) is 14.9 Å². The minimum Gasteiger partial charge on any atom is -0.335 e. The van der Waals surface area contributed by atoms with E-state index in [2.05, 4.69) is 0 Å².